The number of carbonyl (C=O) groups is 1. The fourth-order valence-corrected chi connectivity index (χ4v) is 2.58. The van der Waals surface area contributed by atoms with Gasteiger partial charge >= 0.3 is 0 Å². The Hall–Kier alpha value is -1.18. The van der Waals surface area contributed by atoms with Crippen LogP contribution in [0.4, 0.5) is 5.69 Å². The van der Waals surface area contributed by atoms with E-state index in [2.05, 4.69) is 21.2 Å². The van der Waals surface area contributed by atoms with E-state index in [1.165, 1.54) is 12.1 Å². The molecule has 0 spiro atoms. The highest BCUT2D eigenvalue weighted by atomic mass is 79.9. The van der Waals surface area contributed by atoms with Gasteiger partial charge < -0.3 is 11.1 Å². The minimum Gasteiger partial charge on any atom is -0.349 e. The van der Waals surface area contributed by atoms with Gasteiger partial charge in [0, 0.05) is 23.2 Å². The van der Waals surface area contributed by atoms with Crippen molar-refractivity contribution in [1.82, 2.24) is 5.32 Å². The van der Waals surface area contributed by atoms with E-state index >= 15 is 0 Å². The number of nitrogens with zero attached hydrogens (tertiary/aromatic N) is 1. The average Bonchev–Trinajstić information content (AvgIpc) is 2.47. The molecule has 3 N–H and O–H groups in total. The van der Waals surface area contributed by atoms with Gasteiger partial charge in [0.05, 0.1) is 16.9 Å². The monoisotopic (exact) mass is 393 g/mol. The maximum absolute atomic E-state index is 12.2. The number of hydrogen-bond donors (Lipinski definition) is 2. The number of nitro benzene ring substituents is 1. The molecule has 1 amide bonds. The summed E-state index contributed by atoms with van der Waals surface area (Å²) in [6.45, 7) is 4.35. The number of rotatable bonds is 7. The molecule has 0 unspecified atom stereocenters. The number of hydrogen-bond acceptors (Lipinski definition) is 4. The Morgan fingerprint density at radius 2 is 2.00 bits per heavy atom. The molecule has 124 valence electrons. The van der Waals surface area contributed by atoms with Crippen molar-refractivity contribution in [2.45, 2.75) is 38.6 Å². The van der Waals surface area contributed by atoms with Crippen LogP contribution in [0.15, 0.2) is 22.7 Å². The summed E-state index contributed by atoms with van der Waals surface area (Å²) in [6, 6.07) is 4.38. The van der Waals surface area contributed by atoms with E-state index in [0.717, 1.165) is 12.8 Å². The van der Waals surface area contributed by atoms with E-state index < -0.39 is 4.92 Å². The summed E-state index contributed by atoms with van der Waals surface area (Å²) >= 11 is 3.27. The van der Waals surface area contributed by atoms with E-state index in [9.17, 15) is 14.9 Å². The lowest BCUT2D eigenvalue weighted by atomic mass is 9.92. The lowest BCUT2D eigenvalue weighted by molar-refractivity contribution is -0.384. The van der Waals surface area contributed by atoms with Crippen molar-refractivity contribution in [3.8, 4) is 0 Å². The molecule has 0 aromatic heterocycles. The summed E-state index contributed by atoms with van der Waals surface area (Å²) < 4.78 is 0.554. The number of carbonyl (C=O) groups excluding carboxylic acids is 1. The van der Waals surface area contributed by atoms with Crippen LogP contribution in [0.3, 0.4) is 0 Å². The van der Waals surface area contributed by atoms with E-state index in [1.54, 1.807) is 6.07 Å². The summed E-state index contributed by atoms with van der Waals surface area (Å²) in [5.74, 6) is -0.140. The second kappa shape index (κ2) is 9.07. The van der Waals surface area contributed by atoms with Gasteiger partial charge in [-0.15, -0.1) is 12.4 Å². The van der Waals surface area contributed by atoms with Gasteiger partial charge in [-0.25, -0.2) is 0 Å². The Morgan fingerprint density at radius 1 is 1.41 bits per heavy atom. The maximum Gasteiger partial charge on any atom is 0.270 e. The van der Waals surface area contributed by atoms with Crippen LogP contribution in [0.25, 0.3) is 0 Å². The third-order valence-electron chi connectivity index (χ3n) is 3.75. The highest BCUT2D eigenvalue weighted by molar-refractivity contribution is 9.10. The van der Waals surface area contributed by atoms with Crippen LogP contribution in [0.2, 0.25) is 0 Å². The Balaban J connectivity index is 0.00000441. The summed E-state index contributed by atoms with van der Waals surface area (Å²) in [7, 11) is 0. The topological polar surface area (TPSA) is 98.3 Å². The SMILES string of the molecule is CCC(CC)(CN)NC(=O)Cc1ccc([N+](=O)[O-])cc1Br.Cl. The first-order valence-corrected chi connectivity index (χ1v) is 7.60. The smallest absolute Gasteiger partial charge is 0.270 e. The Morgan fingerprint density at radius 3 is 2.41 bits per heavy atom. The second-order valence-corrected chi connectivity index (χ2v) is 5.80. The molecule has 0 saturated heterocycles. The van der Waals surface area contributed by atoms with Gasteiger partial charge in [-0.3, -0.25) is 14.9 Å². The zero-order valence-electron chi connectivity index (χ0n) is 12.6. The standard InChI is InChI=1S/C14H20BrN3O3.ClH/c1-3-14(4-2,9-16)17-13(19)7-10-5-6-11(18(20)21)8-12(10)15;/h5-6,8H,3-4,7,9,16H2,1-2H3,(H,17,19);1H. The highest BCUT2D eigenvalue weighted by Gasteiger charge is 2.26. The number of amides is 1. The number of halogens is 2. The first-order valence-electron chi connectivity index (χ1n) is 6.81. The van der Waals surface area contributed by atoms with Crippen LogP contribution in [0.5, 0.6) is 0 Å². The summed E-state index contributed by atoms with van der Waals surface area (Å²) in [4.78, 5) is 22.4. The largest absolute Gasteiger partial charge is 0.349 e. The van der Waals surface area contributed by atoms with Gasteiger partial charge in [-0.1, -0.05) is 35.8 Å². The normalized spacial score (nSPS) is 10.7. The van der Waals surface area contributed by atoms with Crippen LogP contribution in [0.1, 0.15) is 32.3 Å². The molecule has 1 aromatic rings. The van der Waals surface area contributed by atoms with Crippen LogP contribution < -0.4 is 11.1 Å². The molecule has 0 aliphatic carbocycles. The van der Waals surface area contributed by atoms with Crippen LogP contribution in [-0.2, 0) is 11.2 Å². The number of nitrogens with one attached hydrogen (secondary N) is 1. The van der Waals surface area contributed by atoms with Gasteiger partial charge in [-0.2, -0.15) is 0 Å². The quantitative estimate of drug-likeness (QED) is 0.548. The van der Waals surface area contributed by atoms with E-state index in [-0.39, 0.29) is 36.0 Å². The van der Waals surface area contributed by atoms with E-state index in [0.29, 0.717) is 16.6 Å². The maximum atomic E-state index is 12.2. The van der Waals surface area contributed by atoms with Crippen molar-refractivity contribution in [2.24, 2.45) is 5.73 Å². The lowest BCUT2D eigenvalue weighted by Crippen LogP contribution is -2.53. The fourth-order valence-electron chi connectivity index (χ4n) is 2.07. The third kappa shape index (κ3) is 5.23. The molecule has 8 heteroatoms. The first kappa shape index (κ1) is 20.8. The van der Waals surface area contributed by atoms with Crippen LogP contribution in [-0.4, -0.2) is 22.9 Å². The first-order chi connectivity index (χ1) is 9.87. The van der Waals surface area contributed by atoms with Gasteiger partial charge in [0.25, 0.3) is 5.69 Å². The lowest BCUT2D eigenvalue weighted by Gasteiger charge is -2.31. The van der Waals surface area contributed by atoms with E-state index in [4.69, 9.17) is 5.73 Å². The molecule has 1 aromatic carbocycles. The molecular formula is C14H21BrClN3O3. The molecule has 0 aliphatic rings. The minimum absolute atomic E-state index is 0. The average molecular weight is 395 g/mol. The second-order valence-electron chi connectivity index (χ2n) is 4.95. The number of benzene rings is 1. The van der Waals surface area contributed by atoms with Crippen LogP contribution >= 0.6 is 28.3 Å². The van der Waals surface area contributed by atoms with Crippen molar-refractivity contribution >= 4 is 39.9 Å². The van der Waals surface area contributed by atoms with Crippen LogP contribution in [0, 0.1) is 10.1 Å². The molecule has 6 nitrogen and oxygen atoms in total. The molecule has 0 heterocycles. The third-order valence-corrected chi connectivity index (χ3v) is 4.49. The Kier molecular flexibility index (Phi) is 8.58. The zero-order chi connectivity index (χ0) is 16.0. The molecule has 0 aliphatic heterocycles. The van der Waals surface area contributed by atoms with Gasteiger partial charge in [0.15, 0.2) is 0 Å². The molecule has 0 saturated carbocycles. The number of nitrogens with two attached hydrogens (primary N) is 1. The summed E-state index contributed by atoms with van der Waals surface area (Å²) in [5, 5.41) is 13.7. The summed E-state index contributed by atoms with van der Waals surface area (Å²) in [6.07, 6.45) is 1.67. The highest BCUT2D eigenvalue weighted by Crippen LogP contribution is 2.23. The predicted octanol–water partition coefficient (Wildman–Crippen LogP) is 2.96. The zero-order valence-corrected chi connectivity index (χ0v) is 15.0. The molecule has 22 heavy (non-hydrogen) atoms. The van der Waals surface area contributed by atoms with E-state index in [1.807, 2.05) is 13.8 Å². The fraction of sp³-hybridized carbons (Fsp3) is 0.500. The molecule has 0 bridgehead atoms. The molecule has 0 fully saturated rings. The Bertz CT molecular complexity index is 528. The molecule has 1 rings (SSSR count). The van der Waals surface area contributed by atoms with Gasteiger partial charge in [0.1, 0.15) is 0 Å². The van der Waals surface area contributed by atoms with Crippen molar-refractivity contribution in [3.05, 3.63) is 38.3 Å². The molecule has 0 radical (unpaired) electrons. The molecular weight excluding hydrogens is 374 g/mol. The number of nitro groups is 1. The van der Waals surface area contributed by atoms with Gasteiger partial charge in [0.2, 0.25) is 5.91 Å². The van der Waals surface area contributed by atoms with Crippen molar-refractivity contribution in [2.75, 3.05) is 6.54 Å². The van der Waals surface area contributed by atoms with Crippen molar-refractivity contribution < 1.29 is 9.72 Å². The van der Waals surface area contributed by atoms with Gasteiger partial charge in [-0.05, 0) is 18.4 Å². The summed E-state index contributed by atoms with van der Waals surface area (Å²) in [5.41, 5.74) is 6.07. The predicted molar refractivity (Wildman–Crippen MR) is 92.3 cm³/mol. The van der Waals surface area contributed by atoms with Crippen molar-refractivity contribution in [3.63, 3.8) is 0 Å². The number of non-ortho nitro benzene ring substituents is 1. The van der Waals surface area contributed by atoms with Crippen molar-refractivity contribution in [1.29, 1.82) is 0 Å². The minimum atomic E-state index is -0.470. The molecule has 0 atom stereocenters. The Labute approximate surface area is 144 Å².